The first-order chi connectivity index (χ1) is 8.10. The summed E-state index contributed by atoms with van der Waals surface area (Å²) in [5.41, 5.74) is 8.13. The molecule has 0 amide bonds. The molecule has 2 heteroatoms. The molecular formula is C15H28N2. The Morgan fingerprint density at radius 2 is 1.71 bits per heavy atom. The van der Waals surface area contributed by atoms with Gasteiger partial charge in [0, 0.05) is 18.6 Å². The van der Waals surface area contributed by atoms with E-state index in [4.69, 9.17) is 5.73 Å². The molecule has 2 fully saturated rings. The van der Waals surface area contributed by atoms with Crippen LogP contribution >= 0.6 is 0 Å². The first-order valence-corrected chi connectivity index (χ1v) is 7.19. The van der Waals surface area contributed by atoms with Crippen LogP contribution in [0.5, 0.6) is 0 Å². The Bertz CT molecular complexity index is 267. The summed E-state index contributed by atoms with van der Waals surface area (Å²) in [5.74, 6) is 0. The Morgan fingerprint density at radius 1 is 1.12 bits per heavy atom. The molecule has 0 aromatic rings. The maximum Gasteiger partial charge on any atom is 0.0307 e. The quantitative estimate of drug-likeness (QED) is 0.736. The lowest BCUT2D eigenvalue weighted by Gasteiger charge is -2.45. The van der Waals surface area contributed by atoms with E-state index in [9.17, 15) is 0 Å². The van der Waals surface area contributed by atoms with E-state index in [0.29, 0.717) is 5.41 Å². The molecule has 2 rings (SSSR count). The molecule has 0 unspecified atom stereocenters. The van der Waals surface area contributed by atoms with Crippen LogP contribution in [-0.2, 0) is 0 Å². The van der Waals surface area contributed by atoms with Gasteiger partial charge in [0.05, 0.1) is 0 Å². The van der Waals surface area contributed by atoms with Gasteiger partial charge in [0.1, 0.15) is 0 Å². The first-order valence-electron chi connectivity index (χ1n) is 7.19. The maximum atomic E-state index is 6.02. The summed E-state index contributed by atoms with van der Waals surface area (Å²) in [7, 11) is 0. The van der Waals surface area contributed by atoms with Gasteiger partial charge in [0.25, 0.3) is 0 Å². The van der Waals surface area contributed by atoms with Gasteiger partial charge in [0.2, 0.25) is 0 Å². The molecule has 2 saturated carbocycles. The van der Waals surface area contributed by atoms with Crippen molar-refractivity contribution in [3.05, 3.63) is 12.2 Å². The summed E-state index contributed by atoms with van der Waals surface area (Å²) in [6, 6.07) is 0. The van der Waals surface area contributed by atoms with Gasteiger partial charge < -0.3 is 11.1 Å². The zero-order chi connectivity index (χ0) is 12.4. The van der Waals surface area contributed by atoms with Crippen molar-refractivity contribution in [1.82, 2.24) is 5.32 Å². The van der Waals surface area contributed by atoms with Gasteiger partial charge in [-0.15, -0.1) is 0 Å². The second kappa shape index (κ2) is 5.11. The van der Waals surface area contributed by atoms with Gasteiger partial charge in [-0.3, -0.25) is 0 Å². The van der Waals surface area contributed by atoms with E-state index in [-0.39, 0.29) is 5.54 Å². The second-order valence-electron chi connectivity index (χ2n) is 6.50. The van der Waals surface area contributed by atoms with Gasteiger partial charge >= 0.3 is 0 Å². The Morgan fingerprint density at radius 3 is 2.18 bits per heavy atom. The molecule has 2 nitrogen and oxygen atoms in total. The lowest BCUT2D eigenvalue weighted by atomic mass is 9.66. The van der Waals surface area contributed by atoms with Crippen LogP contribution in [0.2, 0.25) is 0 Å². The fraction of sp³-hybridized carbons (Fsp3) is 0.867. The second-order valence-corrected chi connectivity index (χ2v) is 6.50. The molecule has 0 aromatic heterocycles. The fourth-order valence-electron chi connectivity index (χ4n) is 3.68. The van der Waals surface area contributed by atoms with E-state index in [2.05, 4.69) is 18.8 Å². The summed E-state index contributed by atoms with van der Waals surface area (Å²) in [6.07, 6.45) is 11.1. The third-order valence-electron chi connectivity index (χ3n) is 5.09. The van der Waals surface area contributed by atoms with E-state index in [1.54, 1.807) is 0 Å². The Hall–Kier alpha value is -0.340. The average Bonchev–Trinajstić information content (AvgIpc) is 2.78. The fourth-order valence-corrected chi connectivity index (χ4v) is 3.68. The highest BCUT2D eigenvalue weighted by molar-refractivity contribution is 5.03. The number of rotatable bonds is 4. The number of nitrogens with one attached hydrogen (secondary N) is 1. The molecule has 0 radical (unpaired) electrons. The molecule has 0 aromatic carbocycles. The van der Waals surface area contributed by atoms with Crippen LogP contribution in [-0.4, -0.2) is 18.6 Å². The molecule has 1 spiro atoms. The van der Waals surface area contributed by atoms with Gasteiger partial charge in [-0.1, -0.05) is 25.0 Å². The molecule has 0 saturated heterocycles. The van der Waals surface area contributed by atoms with Crippen molar-refractivity contribution in [1.29, 1.82) is 0 Å². The van der Waals surface area contributed by atoms with Crippen LogP contribution in [0.25, 0.3) is 0 Å². The van der Waals surface area contributed by atoms with Crippen LogP contribution in [0.3, 0.4) is 0 Å². The lowest BCUT2D eigenvalue weighted by molar-refractivity contribution is 0.117. The SMILES string of the molecule is C=C(C)CNC1(CN)CCC2(CCCC2)CC1. The molecule has 2 aliphatic carbocycles. The van der Waals surface area contributed by atoms with Crippen LogP contribution in [0.15, 0.2) is 12.2 Å². The van der Waals surface area contributed by atoms with E-state index in [1.807, 2.05) is 0 Å². The minimum atomic E-state index is 0.201. The predicted octanol–water partition coefficient (Wildman–Crippen LogP) is 2.98. The summed E-state index contributed by atoms with van der Waals surface area (Å²) in [6.45, 7) is 7.75. The van der Waals surface area contributed by atoms with E-state index in [1.165, 1.54) is 56.9 Å². The molecule has 17 heavy (non-hydrogen) atoms. The standard InChI is InChI=1S/C15H28N2/c1-13(2)11-17-15(12-16)9-7-14(8-10-15)5-3-4-6-14/h17H,1,3-12,16H2,2H3. The Balaban J connectivity index is 1.91. The molecule has 0 atom stereocenters. The molecular weight excluding hydrogens is 208 g/mol. The van der Waals surface area contributed by atoms with Crippen molar-refractivity contribution in [3.8, 4) is 0 Å². The molecule has 98 valence electrons. The van der Waals surface area contributed by atoms with Crippen molar-refractivity contribution in [2.45, 2.75) is 63.8 Å². The van der Waals surface area contributed by atoms with Crippen LogP contribution < -0.4 is 11.1 Å². The smallest absolute Gasteiger partial charge is 0.0307 e. The third kappa shape index (κ3) is 2.92. The molecule has 0 bridgehead atoms. The maximum absolute atomic E-state index is 6.02. The van der Waals surface area contributed by atoms with Crippen molar-refractivity contribution in [3.63, 3.8) is 0 Å². The zero-order valence-corrected chi connectivity index (χ0v) is 11.4. The first kappa shape index (κ1) is 13.1. The summed E-state index contributed by atoms with van der Waals surface area (Å²) < 4.78 is 0. The van der Waals surface area contributed by atoms with Crippen molar-refractivity contribution >= 4 is 0 Å². The highest BCUT2D eigenvalue weighted by atomic mass is 15.0. The summed E-state index contributed by atoms with van der Waals surface area (Å²) in [5, 5.41) is 3.67. The normalized spacial score (nSPS) is 26.2. The van der Waals surface area contributed by atoms with Gasteiger partial charge in [-0.05, 0) is 50.9 Å². The summed E-state index contributed by atoms with van der Waals surface area (Å²) in [4.78, 5) is 0. The van der Waals surface area contributed by atoms with E-state index < -0.39 is 0 Å². The lowest BCUT2D eigenvalue weighted by Crippen LogP contribution is -2.55. The minimum Gasteiger partial charge on any atom is -0.329 e. The van der Waals surface area contributed by atoms with Crippen molar-refractivity contribution in [2.75, 3.05) is 13.1 Å². The summed E-state index contributed by atoms with van der Waals surface area (Å²) >= 11 is 0. The van der Waals surface area contributed by atoms with Gasteiger partial charge in [0.15, 0.2) is 0 Å². The Labute approximate surface area is 106 Å². The monoisotopic (exact) mass is 236 g/mol. The molecule has 0 aliphatic heterocycles. The number of hydrogen-bond acceptors (Lipinski definition) is 2. The minimum absolute atomic E-state index is 0.201. The van der Waals surface area contributed by atoms with Gasteiger partial charge in [-0.2, -0.15) is 0 Å². The molecule has 0 heterocycles. The highest BCUT2D eigenvalue weighted by Crippen LogP contribution is 2.50. The van der Waals surface area contributed by atoms with Crippen LogP contribution in [0.4, 0.5) is 0 Å². The average molecular weight is 236 g/mol. The largest absolute Gasteiger partial charge is 0.329 e. The molecule has 3 N–H and O–H groups in total. The van der Waals surface area contributed by atoms with Crippen molar-refractivity contribution < 1.29 is 0 Å². The van der Waals surface area contributed by atoms with Crippen LogP contribution in [0.1, 0.15) is 58.3 Å². The zero-order valence-electron chi connectivity index (χ0n) is 11.4. The Kier molecular flexibility index (Phi) is 3.94. The number of nitrogens with two attached hydrogens (primary N) is 1. The third-order valence-corrected chi connectivity index (χ3v) is 5.09. The van der Waals surface area contributed by atoms with E-state index in [0.717, 1.165) is 13.1 Å². The topological polar surface area (TPSA) is 38.0 Å². The van der Waals surface area contributed by atoms with E-state index >= 15 is 0 Å². The highest BCUT2D eigenvalue weighted by Gasteiger charge is 2.42. The number of hydrogen-bond donors (Lipinski definition) is 2. The molecule has 2 aliphatic rings. The van der Waals surface area contributed by atoms with Crippen LogP contribution in [0, 0.1) is 5.41 Å². The van der Waals surface area contributed by atoms with Gasteiger partial charge in [-0.25, -0.2) is 0 Å². The predicted molar refractivity (Wildman–Crippen MR) is 74.0 cm³/mol. The van der Waals surface area contributed by atoms with Crippen molar-refractivity contribution in [2.24, 2.45) is 11.1 Å².